The SMILES string of the molecule is CCCC(C#N)C(O)c1cc(OC)c2c(c1)OCO2. The normalized spacial score (nSPS) is 15.7. The van der Waals surface area contributed by atoms with Crippen LogP contribution in [0.15, 0.2) is 12.1 Å². The van der Waals surface area contributed by atoms with E-state index < -0.39 is 12.0 Å². The maximum absolute atomic E-state index is 10.3. The third-order valence-corrected chi connectivity index (χ3v) is 3.17. The number of hydrogen-bond acceptors (Lipinski definition) is 5. The summed E-state index contributed by atoms with van der Waals surface area (Å²) in [5, 5.41) is 19.4. The number of ether oxygens (including phenoxy) is 3. The Labute approximate surface area is 112 Å². The van der Waals surface area contributed by atoms with Gasteiger partial charge in [-0.3, -0.25) is 0 Å². The van der Waals surface area contributed by atoms with Gasteiger partial charge in [-0.15, -0.1) is 0 Å². The van der Waals surface area contributed by atoms with E-state index in [9.17, 15) is 5.11 Å². The van der Waals surface area contributed by atoms with Gasteiger partial charge >= 0.3 is 0 Å². The summed E-state index contributed by atoms with van der Waals surface area (Å²) in [5.41, 5.74) is 0.612. The Morgan fingerprint density at radius 2 is 2.26 bits per heavy atom. The number of methoxy groups -OCH3 is 1. The summed E-state index contributed by atoms with van der Waals surface area (Å²) in [6.07, 6.45) is 0.638. The first-order valence-corrected chi connectivity index (χ1v) is 6.26. The van der Waals surface area contributed by atoms with Crippen molar-refractivity contribution in [2.45, 2.75) is 25.9 Å². The summed E-state index contributed by atoms with van der Waals surface area (Å²) in [6.45, 7) is 2.12. The van der Waals surface area contributed by atoms with Gasteiger partial charge in [-0.05, 0) is 24.1 Å². The van der Waals surface area contributed by atoms with Crippen LogP contribution < -0.4 is 14.2 Å². The second-order valence-corrected chi connectivity index (χ2v) is 4.43. The molecule has 1 heterocycles. The first-order valence-electron chi connectivity index (χ1n) is 6.26. The summed E-state index contributed by atoms with van der Waals surface area (Å²) in [5.74, 6) is 1.16. The van der Waals surface area contributed by atoms with Crippen LogP contribution in [0, 0.1) is 17.2 Å². The Morgan fingerprint density at radius 1 is 1.47 bits per heavy atom. The number of nitrogens with zero attached hydrogens (tertiary/aromatic N) is 1. The lowest BCUT2D eigenvalue weighted by atomic mass is 9.93. The molecule has 5 heteroatoms. The second kappa shape index (κ2) is 5.81. The molecule has 0 amide bonds. The van der Waals surface area contributed by atoms with E-state index in [-0.39, 0.29) is 6.79 Å². The number of aliphatic hydroxyl groups excluding tert-OH is 1. The highest BCUT2D eigenvalue weighted by atomic mass is 16.7. The molecule has 0 aromatic heterocycles. The van der Waals surface area contributed by atoms with Gasteiger partial charge in [0.15, 0.2) is 11.5 Å². The molecule has 2 atom stereocenters. The monoisotopic (exact) mass is 263 g/mol. The standard InChI is InChI=1S/C14H17NO4/c1-3-4-9(7-15)13(16)10-5-11(17-2)14-12(6-10)18-8-19-14/h5-6,9,13,16H,3-4,8H2,1-2H3. The molecule has 0 radical (unpaired) electrons. The van der Waals surface area contributed by atoms with E-state index in [0.717, 1.165) is 6.42 Å². The predicted octanol–water partition coefficient (Wildman–Crippen LogP) is 2.40. The van der Waals surface area contributed by atoms with Crippen molar-refractivity contribution in [3.63, 3.8) is 0 Å². The van der Waals surface area contributed by atoms with Crippen LogP contribution in [0.5, 0.6) is 17.2 Å². The van der Waals surface area contributed by atoms with Crippen LogP contribution in [0.3, 0.4) is 0 Å². The van der Waals surface area contributed by atoms with E-state index in [4.69, 9.17) is 19.5 Å². The fourth-order valence-electron chi connectivity index (χ4n) is 2.16. The van der Waals surface area contributed by atoms with Gasteiger partial charge in [-0.1, -0.05) is 13.3 Å². The van der Waals surface area contributed by atoms with Crippen LogP contribution >= 0.6 is 0 Å². The molecular weight excluding hydrogens is 246 g/mol. The van der Waals surface area contributed by atoms with Gasteiger partial charge in [0.05, 0.1) is 25.2 Å². The van der Waals surface area contributed by atoms with E-state index in [0.29, 0.717) is 29.2 Å². The molecule has 0 aliphatic carbocycles. The molecule has 0 bridgehead atoms. The lowest BCUT2D eigenvalue weighted by Crippen LogP contribution is -2.10. The predicted molar refractivity (Wildman–Crippen MR) is 68.1 cm³/mol. The lowest BCUT2D eigenvalue weighted by molar-refractivity contribution is 0.129. The number of fused-ring (bicyclic) bond motifs is 1. The average Bonchev–Trinajstić information content (AvgIpc) is 2.91. The Hall–Kier alpha value is -1.93. The van der Waals surface area contributed by atoms with Crippen LogP contribution in [0.4, 0.5) is 0 Å². The van der Waals surface area contributed by atoms with Crippen molar-refractivity contribution in [1.82, 2.24) is 0 Å². The fourth-order valence-corrected chi connectivity index (χ4v) is 2.16. The highest BCUT2D eigenvalue weighted by Crippen LogP contribution is 2.44. The quantitative estimate of drug-likeness (QED) is 0.883. The van der Waals surface area contributed by atoms with Gasteiger partial charge in [-0.25, -0.2) is 0 Å². The zero-order chi connectivity index (χ0) is 13.8. The lowest BCUT2D eigenvalue weighted by Gasteiger charge is -2.17. The van der Waals surface area contributed by atoms with Crippen molar-refractivity contribution in [3.8, 4) is 23.3 Å². The summed E-state index contributed by atoms with van der Waals surface area (Å²) in [4.78, 5) is 0. The molecule has 1 aliphatic heterocycles. The number of hydrogen-bond donors (Lipinski definition) is 1. The zero-order valence-corrected chi connectivity index (χ0v) is 11.0. The number of benzene rings is 1. The Bertz CT molecular complexity index is 495. The Balaban J connectivity index is 2.32. The summed E-state index contributed by atoms with van der Waals surface area (Å²) in [7, 11) is 1.53. The largest absolute Gasteiger partial charge is 0.493 e. The van der Waals surface area contributed by atoms with Crippen LogP contribution in [-0.4, -0.2) is 19.0 Å². The molecule has 0 saturated carbocycles. The van der Waals surface area contributed by atoms with Crippen molar-refractivity contribution in [2.75, 3.05) is 13.9 Å². The van der Waals surface area contributed by atoms with Crippen molar-refractivity contribution in [2.24, 2.45) is 5.92 Å². The Morgan fingerprint density at radius 3 is 2.89 bits per heavy atom. The van der Waals surface area contributed by atoms with Crippen LogP contribution in [0.1, 0.15) is 31.4 Å². The first kappa shape index (κ1) is 13.5. The minimum atomic E-state index is -0.853. The molecule has 0 saturated heterocycles. The minimum absolute atomic E-state index is 0.141. The molecule has 102 valence electrons. The van der Waals surface area contributed by atoms with Crippen molar-refractivity contribution in [3.05, 3.63) is 17.7 Å². The highest BCUT2D eigenvalue weighted by Gasteiger charge is 2.26. The van der Waals surface area contributed by atoms with Gasteiger partial charge in [0.25, 0.3) is 0 Å². The molecule has 19 heavy (non-hydrogen) atoms. The molecule has 1 aromatic rings. The second-order valence-electron chi connectivity index (χ2n) is 4.43. The maximum Gasteiger partial charge on any atom is 0.231 e. The molecular formula is C14H17NO4. The molecule has 1 N–H and O–H groups in total. The third kappa shape index (κ3) is 2.59. The average molecular weight is 263 g/mol. The van der Waals surface area contributed by atoms with Crippen LogP contribution in [0.2, 0.25) is 0 Å². The van der Waals surface area contributed by atoms with Gasteiger partial charge in [-0.2, -0.15) is 5.26 Å². The molecule has 5 nitrogen and oxygen atoms in total. The van der Waals surface area contributed by atoms with Gasteiger partial charge < -0.3 is 19.3 Å². The molecule has 2 unspecified atom stereocenters. The first-order chi connectivity index (χ1) is 9.21. The smallest absolute Gasteiger partial charge is 0.231 e. The van der Waals surface area contributed by atoms with Crippen LogP contribution in [-0.2, 0) is 0 Å². The van der Waals surface area contributed by atoms with E-state index in [1.54, 1.807) is 12.1 Å². The topological polar surface area (TPSA) is 71.7 Å². The summed E-state index contributed by atoms with van der Waals surface area (Å²) < 4.78 is 15.8. The Kier molecular flexibility index (Phi) is 4.13. The van der Waals surface area contributed by atoms with Gasteiger partial charge in [0, 0.05) is 0 Å². The molecule has 1 aliphatic rings. The molecule has 2 rings (SSSR count). The van der Waals surface area contributed by atoms with Gasteiger partial charge in [0.1, 0.15) is 0 Å². The van der Waals surface area contributed by atoms with E-state index in [1.165, 1.54) is 7.11 Å². The number of aliphatic hydroxyl groups is 1. The highest BCUT2D eigenvalue weighted by molar-refractivity contribution is 5.55. The summed E-state index contributed by atoms with van der Waals surface area (Å²) >= 11 is 0. The van der Waals surface area contributed by atoms with Crippen molar-refractivity contribution in [1.29, 1.82) is 5.26 Å². The minimum Gasteiger partial charge on any atom is -0.493 e. The number of rotatable bonds is 5. The summed E-state index contributed by atoms with van der Waals surface area (Å²) in [6, 6.07) is 5.54. The number of nitriles is 1. The van der Waals surface area contributed by atoms with Gasteiger partial charge in [0.2, 0.25) is 12.5 Å². The third-order valence-electron chi connectivity index (χ3n) is 3.17. The van der Waals surface area contributed by atoms with E-state index >= 15 is 0 Å². The fraction of sp³-hybridized carbons (Fsp3) is 0.500. The molecule has 0 fully saturated rings. The van der Waals surface area contributed by atoms with Crippen molar-refractivity contribution >= 4 is 0 Å². The van der Waals surface area contributed by atoms with Crippen LogP contribution in [0.25, 0.3) is 0 Å². The van der Waals surface area contributed by atoms with E-state index in [1.807, 2.05) is 6.92 Å². The maximum atomic E-state index is 10.3. The molecule has 1 aromatic carbocycles. The van der Waals surface area contributed by atoms with E-state index in [2.05, 4.69) is 6.07 Å². The molecule has 0 spiro atoms. The zero-order valence-electron chi connectivity index (χ0n) is 11.0. The van der Waals surface area contributed by atoms with Crippen molar-refractivity contribution < 1.29 is 19.3 Å².